The molecule has 0 aliphatic carbocycles. The van der Waals surface area contributed by atoms with Gasteiger partial charge in [0.25, 0.3) is 0 Å². The van der Waals surface area contributed by atoms with Crippen LogP contribution >= 0.6 is 48.0 Å². The summed E-state index contributed by atoms with van der Waals surface area (Å²) in [5.74, 6) is 1.29. The molecule has 0 radical (unpaired) electrons. The monoisotopic (exact) mass is 893 g/mol. The molecule has 2 aromatic heterocycles. The van der Waals surface area contributed by atoms with Crippen LogP contribution < -0.4 is 9.47 Å². The number of rotatable bonds is 10. The Kier molecular flexibility index (Phi) is 20.1. The second-order valence-corrected chi connectivity index (χ2v) is 15.4. The number of hydrogen-bond acceptors (Lipinski definition) is 10. The molecular weight excluding hydrogens is 844 g/mol. The molecule has 2 fully saturated rings. The molecule has 3 amide bonds. The van der Waals surface area contributed by atoms with Crippen molar-refractivity contribution < 1.29 is 38.1 Å². The minimum atomic E-state index is -0.604. The second kappa shape index (κ2) is 24.4. The van der Waals surface area contributed by atoms with Crippen molar-refractivity contribution in [3.05, 3.63) is 119 Å². The van der Waals surface area contributed by atoms with Gasteiger partial charge in [-0.2, -0.15) is 0 Å². The van der Waals surface area contributed by atoms with Gasteiger partial charge in [0.1, 0.15) is 43.5 Å². The number of benzene rings is 2. The number of halogens is 4. The van der Waals surface area contributed by atoms with Crippen LogP contribution in [0.2, 0.25) is 10.0 Å². The first-order valence-electron chi connectivity index (χ1n) is 18.8. The van der Waals surface area contributed by atoms with Crippen LogP contribution in [-0.4, -0.2) is 100 Å². The van der Waals surface area contributed by atoms with Crippen LogP contribution in [0.15, 0.2) is 97.6 Å². The van der Waals surface area contributed by atoms with E-state index >= 15 is 0 Å². The largest absolute Gasteiger partial charge is 0.490 e. The Hall–Kier alpha value is -4.69. The molecule has 0 bridgehead atoms. The lowest BCUT2D eigenvalue weighted by Crippen LogP contribution is -2.59. The summed E-state index contributed by atoms with van der Waals surface area (Å²) in [5, 5.41) is 1.28. The molecule has 0 spiro atoms. The van der Waals surface area contributed by atoms with Gasteiger partial charge in [0.15, 0.2) is 0 Å². The lowest BCUT2D eigenvalue weighted by molar-refractivity contribution is -0.00498. The van der Waals surface area contributed by atoms with Crippen molar-refractivity contribution in [2.75, 3.05) is 39.4 Å². The van der Waals surface area contributed by atoms with Crippen LogP contribution in [-0.2, 0) is 27.4 Å². The van der Waals surface area contributed by atoms with E-state index in [2.05, 4.69) is 9.97 Å². The smallest absolute Gasteiger partial charge is 0.410 e. The third-order valence-electron chi connectivity index (χ3n) is 8.94. The van der Waals surface area contributed by atoms with Gasteiger partial charge in [0, 0.05) is 48.6 Å². The zero-order chi connectivity index (χ0) is 40.6. The molecule has 2 aliphatic rings. The Balaban J connectivity index is 0.000000313. The highest BCUT2D eigenvalue weighted by molar-refractivity contribution is 6.30. The number of hydrogen-bond donors (Lipinski definition) is 0. The van der Waals surface area contributed by atoms with Gasteiger partial charge < -0.3 is 33.5 Å². The zero-order valence-corrected chi connectivity index (χ0v) is 36.4. The van der Waals surface area contributed by atoms with Crippen molar-refractivity contribution in [1.29, 1.82) is 0 Å². The molecule has 4 aromatic rings. The van der Waals surface area contributed by atoms with Gasteiger partial charge in [-0.25, -0.2) is 14.4 Å². The van der Waals surface area contributed by atoms with Gasteiger partial charge in [-0.3, -0.25) is 14.9 Å². The van der Waals surface area contributed by atoms with E-state index in [0.717, 1.165) is 30.4 Å². The summed E-state index contributed by atoms with van der Waals surface area (Å²) in [6.07, 6.45) is 8.42. The maximum absolute atomic E-state index is 12.8. The molecule has 13 nitrogen and oxygen atoms in total. The predicted molar refractivity (Wildman–Crippen MR) is 230 cm³/mol. The van der Waals surface area contributed by atoms with Crippen LogP contribution in [0.25, 0.3) is 0 Å². The topological polar surface area (TPSA) is 133 Å². The maximum atomic E-state index is 12.8. The average molecular weight is 896 g/mol. The fourth-order valence-electron chi connectivity index (χ4n) is 6.01. The second-order valence-electron chi connectivity index (χ2n) is 14.5. The van der Waals surface area contributed by atoms with Gasteiger partial charge in [0.05, 0.1) is 24.5 Å². The molecule has 2 aromatic carbocycles. The number of piperidine rings is 1. The van der Waals surface area contributed by atoms with Crippen LogP contribution in [0.1, 0.15) is 51.2 Å². The molecule has 2 unspecified atom stereocenters. The van der Waals surface area contributed by atoms with Gasteiger partial charge in [0.2, 0.25) is 0 Å². The van der Waals surface area contributed by atoms with Crippen LogP contribution in [0.4, 0.5) is 14.4 Å². The number of pyridine rings is 2. The number of amides is 3. The van der Waals surface area contributed by atoms with E-state index in [0.29, 0.717) is 47.8 Å². The number of aromatic nitrogens is 2. The Labute approximate surface area is 368 Å². The first kappa shape index (κ1) is 48.7. The van der Waals surface area contributed by atoms with Crippen molar-refractivity contribution in [2.45, 2.75) is 70.9 Å². The number of piperazine rings is 1. The number of nitrogens with zero attached hydrogens (tertiary/aromatic N) is 5. The molecule has 6 rings (SSSR count). The minimum Gasteiger partial charge on any atom is -0.490 e. The Morgan fingerprint density at radius 2 is 1.15 bits per heavy atom. The number of carbonyl (C=O) groups is 3. The van der Waals surface area contributed by atoms with Gasteiger partial charge in [-0.15, -0.1) is 24.8 Å². The zero-order valence-electron chi connectivity index (χ0n) is 33.2. The third-order valence-corrected chi connectivity index (χ3v) is 9.44. The molecule has 4 heterocycles. The number of carbonyl (C=O) groups excluding carboxylic acids is 3. The minimum absolute atomic E-state index is 0. The third kappa shape index (κ3) is 16.5. The van der Waals surface area contributed by atoms with E-state index in [-0.39, 0.29) is 63.3 Å². The summed E-state index contributed by atoms with van der Waals surface area (Å²) in [5.41, 5.74) is 1.14. The number of ether oxygens (including phenoxy) is 5. The summed E-state index contributed by atoms with van der Waals surface area (Å²) < 4.78 is 28.1. The molecular formula is C42H51Cl4N5O8. The average Bonchev–Trinajstić information content (AvgIpc) is 3.22. The van der Waals surface area contributed by atoms with Gasteiger partial charge in [-0.1, -0.05) is 47.5 Å². The summed E-state index contributed by atoms with van der Waals surface area (Å²) in [6, 6.07) is 21.2. The standard InChI is InChI=1S/C23H28ClN3O5.C19H21ClN2O3.2ClH/c1-23(2,3)32-21(28)26-11-12-27(19(14-26)16-30-20-5-4-10-25-13-20)22(29)31-15-17-6-8-18(24)9-7-17;20-16-8-6-15(7-9-16)13-25-19(23)22-11-2-1-4-17(22)14-24-18-5-3-10-21-12-18;;/h4-10,13,19H,11-12,14-16H2,1-3H3;3,5-10,12,17H,1-2,4,11,13-14H2;2*1H. The van der Waals surface area contributed by atoms with Crippen molar-refractivity contribution in [3.8, 4) is 11.5 Å². The van der Waals surface area contributed by atoms with E-state index in [9.17, 15) is 14.4 Å². The highest BCUT2D eigenvalue weighted by Crippen LogP contribution is 2.22. The van der Waals surface area contributed by atoms with Gasteiger partial charge >= 0.3 is 18.3 Å². The SMILES string of the molecule is CC(C)(C)OC(=O)N1CCN(C(=O)OCc2ccc(Cl)cc2)C(COc2cccnc2)C1.Cl.Cl.O=C(OCc1ccc(Cl)cc1)N1CCCCC1COc1cccnc1. The highest BCUT2D eigenvalue weighted by atomic mass is 35.5. The Bertz CT molecular complexity index is 1860. The normalized spacial score (nSPS) is 16.2. The van der Waals surface area contributed by atoms with E-state index in [1.807, 2.05) is 45.0 Å². The molecule has 59 heavy (non-hydrogen) atoms. The molecule has 2 aliphatic heterocycles. The Morgan fingerprint density at radius 3 is 1.63 bits per heavy atom. The lowest BCUT2D eigenvalue weighted by Gasteiger charge is -2.40. The van der Waals surface area contributed by atoms with E-state index < -0.39 is 23.8 Å². The summed E-state index contributed by atoms with van der Waals surface area (Å²) in [4.78, 5) is 50.9. The molecule has 0 N–H and O–H groups in total. The lowest BCUT2D eigenvalue weighted by atomic mass is 10.0. The van der Waals surface area contributed by atoms with Crippen molar-refractivity contribution >= 4 is 66.3 Å². The maximum Gasteiger partial charge on any atom is 0.410 e. The van der Waals surface area contributed by atoms with E-state index in [1.54, 1.807) is 88.0 Å². The molecule has 320 valence electrons. The first-order valence-corrected chi connectivity index (χ1v) is 19.6. The van der Waals surface area contributed by atoms with E-state index in [4.69, 9.17) is 46.9 Å². The summed E-state index contributed by atoms with van der Waals surface area (Å²) in [7, 11) is 0. The summed E-state index contributed by atoms with van der Waals surface area (Å²) in [6.45, 7) is 8.05. The quantitative estimate of drug-likeness (QED) is 0.142. The van der Waals surface area contributed by atoms with Gasteiger partial charge in [-0.05, 0) is 99.7 Å². The van der Waals surface area contributed by atoms with Crippen molar-refractivity contribution in [1.82, 2.24) is 24.7 Å². The van der Waals surface area contributed by atoms with Crippen LogP contribution in [0.5, 0.6) is 11.5 Å². The highest BCUT2D eigenvalue weighted by Gasteiger charge is 2.36. The van der Waals surface area contributed by atoms with Crippen LogP contribution in [0, 0.1) is 0 Å². The van der Waals surface area contributed by atoms with Crippen LogP contribution in [0.3, 0.4) is 0 Å². The molecule has 2 atom stereocenters. The Morgan fingerprint density at radius 1 is 0.661 bits per heavy atom. The molecule has 2 saturated heterocycles. The van der Waals surface area contributed by atoms with Crippen molar-refractivity contribution in [2.24, 2.45) is 0 Å². The fraction of sp³-hybridized carbons (Fsp3) is 0.405. The first-order chi connectivity index (χ1) is 27.4. The predicted octanol–water partition coefficient (Wildman–Crippen LogP) is 9.52. The fourth-order valence-corrected chi connectivity index (χ4v) is 6.26. The summed E-state index contributed by atoms with van der Waals surface area (Å²) >= 11 is 11.8. The number of likely N-dealkylation sites (tertiary alicyclic amines) is 1. The van der Waals surface area contributed by atoms with E-state index in [1.165, 1.54) is 0 Å². The van der Waals surface area contributed by atoms with Crippen molar-refractivity contribution in [3.63, 3.8) is 0 Å². The molecule has 17 heteroatoms. The molecule has 0 saturated carbocycles.